The molecule has 0 aromatic heterocycles. The summed E-state index contributed by atoms with van der Waals surface area (Å²) in [6, 6.07) is -0.501. The summed E-state index contributed by atoms with van der Waals surface area (Å²) in [5.74, 6) is 0.00145. The number of amides is 3. The Bertz CT molecular complexity index is 473. The Balaban J connectivity index is 1.81. The van der Waals surface area contributed by atoms with Gasteiger partial charge in [0.2, 0.25) is 18.2 Å². The Morgan fingerprint density at radius 3 is 2.95 bits per heavy atom. The predicted molar refractivity (Wildman–Crippen MR) is 82.8 cm³/mol. The molecule has 2 N–H and O–H groups in total. The van der Waals surface area contributed by atoms with Gasteiger partial charge in [-0.2, -0.15) is 0 Å². The quantitative estimate of drug-likeness (QED) is 0.696. The summed E-state index contributed by atoms with van der Waals surface area (Å²) in [6.45, 7) is 1.20. The van der Waals surface area contributed by atoms with Crippen LogP contribution in [-0.4, -0.2) is 48.8 Å². The van der Waals surface area contributed by atoms with Crippen LogP contribution in [0, 0.1) is 5.92 Å². The summed E-state index contributed by atoms with van der Waals surface area (Å²) in [5, 5.41) is 5.42. The molecule has 6 heteroatoms. The van der Waals surface area contributed by atoms with Crippen LogP contribution in [0.4, 0.5) is 0 Å². The van der Waals surface area contributed by atoms with E-state index in [4.69, 9.17) is 0 Å². The minimum atomic E-state index is -0.501. The summed E-state index contributed by atoms with van der Waals surface area (Å²) in [7, 11) is 0. The molecule has 0 saturated carbocycles. The lowest BCUT2D eigenvalue weighted by atomic mass is 10.0. The number of nitrogens with one attached hydrogen (secondary N) is 2. The highest BCUT2D eigenvalue weighted by atomic mass is 16.2. The van der Waals surface area contributed by atoms with Gasteiger partial charge in [0.05, 0.1) is 6.54 Å². The lowest BCUT2D eigenvalue weighted by Crippen LogP contribution is -2.48. The van der Waals surface area contributed by atoms with Crippen LogP contribution in [0.5, 0.6) is 0 Å². The van der Waals surface area contributed by atoms with E-state index < -0.39 is 6.04 Å². The van der Waals surface area contributed by atoms with Crippen molar-refractivity contribution in [3.8, 4) is 0 Å². The average Bonchev–Trinajstić information content (AvgIpc) is 2.70. The second-order valence-electron chi connectivity index (χ2n) is 5.71. The third kappa shape index (κ3) is 4.72. The van der Waals surface area contributed by atoms with Crippen LogP contribution in [0.3, 0.4) is 0 Å². The molecular formula is C16H23N3O3. The molecule has 0 aromatic rings. The first-order chi connectivity index (χ1) is 10.7. The molecule has 1 heterocycles. The van der Waals surface area contributed by atoms with Crippen LogP contribution >= 0.6 is 0 Å². The smallest absolute Gasteiger partial charge is 0.245 e. The molecule has 2 rings (SSSR count). The van der Waals surface area contributed by atoms with Crippen molar-refractivity contribution in [2.75, 3.05) is 19.6 Å². The van der Waals surface area contributed by atoms with Gasteiger partial charge in [-0.15, -0.1) is 0 Å². The van der Waals surface area contributed by atoms with E-state index in [-0.39, 0.29) is 18.4 Å². The van der Waals surface area contributed by atoms with Crippen LogP contribution < -0.4 is 10.6 Å². The minimum absolute atomic E-state index is 0.0577. The molecular weight excluding hydrogens is 282 g/mol. The fourth-order valence-electron chi connectivity index (χ4n) is 2.76. The van der Waals surface area contributed by atoms with Crippen LogP contribution in [-0.2, 0) is 14.4 Å². The maximum Gasteiger partial charge on any atom is 0.245 e. The molecule has 0 spiro atoms. The fraction of sp³-hybridized carbons (Fsp3) is 0.562. The molecule has 22 heavy (non-hydrogen) atoms. The molecule has 120 valence electrons. The molecule has 1 aliphatic carbocycles. The number of nitrogens with zero attached hydrogens (tertiary/aromatic N) is 1. The van der Waals surface area contributed by atoms with Gasteiger partial charge in [-0.3, -0.25) is 14.4 Å². The highest BCUT2D eigenvalue weighted by Crippen LogP contribution is 2.12. The van der Waals surface area contributed by atoms with Gasteiger partial charge in [0, 0.05) is 13.1 Å². The van der Waals surface area contributed by atoms with Gasteiger partial charge in [0.15, 0.2) is 0 Å². The van der Waals surface area contributed by atoms with Crippen molar-refractivity contribution in [2.24, 2.45) is 5.92 Å². The lowest BCUT2D eigenvalue weighted by Gasteiger charge is -2.24. The Hall–Kier alpha value is -2.11. The van der Waals surface area contributed by atoms with E-state index in [1.54, 1.807) is 4.90 Å². The number of hydrogen-bond donors (Lipinski definition) is 2. The third-order valence-corrected chi connectivity index (χ3v) is 4.02. The zero-order valence-electron chi connectivity index (χ0n) is 12.7. The van der Waals surface area contributed by atoms with Gasteiger partial charge in [0.1, 0.15) is 6.04 Å². The number of hydrogen-bond acceptors (Lipinski definition) is 3. The first-order valence-corrected chi connectivity index (χ1v) is 7.79. The van der Waals surface area contributed by atoms with Crippen molar-refractivity contribution in [1.29, 1.82) is 0 Å². The topological polar surface area (TPSA) is 78.5 Å². The Labute approximate surface area is 130 Å². The molecule has 1 aliphatic heterocycles. The maximum atomic E-state index is 12.3. The Kier molecular flexibility index (Phi) is 6.18. The summed E-state index contributed by atoms with van der Waals surface area (Å²) < 4.78 is 0. The van der Waals surface area contributed by atoms with E-state index >= 15 is 0 Å². The largest absolute Gasteiger partial charge is 0.354 e. The van der Waals surface area contributed by atoms with E-state index in [2.05, 4.69) is 22.8 Å². The molecule has 1 saturated heterocycles. The number of carbonyl (C=O) groups is 3. The molecule has 1 unspecified atom stereocenters. The van der Waals surface area contributed by atoms with Crippen molar-refractivity contribution in [3.05, 3.63) is 24.3 Å². The van der Waals surface area contributed by atoms with Crippen molar-refractivity contribution in [1.82, 2.24) is 15.5 Å². The number of rotatable bonds is 6. The predicted octanol–water partition coefficient (Wildman–Crippen LogP) is 0.362. The van der Waals surface area contributed by atoms with E-state index in [0.29, 0.717) is 31.8 Å². The van der Waals surface area contributed by atoms with Crippen LogP contribution in [0.25, 0.3) is 0 Å². The Morgan fingerprint density at radius 2 is 2.23 bits per heavy atom. The van der Waals surface area contributed by atoms with Crippen molar-refractivity contribution >= 4 is 18.2 Å². The van der Waals surface area contributed by atoms with Gasteiger partial charge in [-0.1, -0.05) is 24.3 Å². The van der Waals surface area contributed by atoms with Crippen LogP contribution in [0.2, 0.25) is 0 Å². The lowest BCUT2D eigenvalue weighted by molar-refractivity contribution is -0.138. The summed E-state index contributed by atoms with van der Waals surface area (Å²) in [6.07, 6.45) is 11.9. The zero-order valence-corrected chi connectivity index (χ0v) is 12.7. The first-order valence-electron chi connectivity index (χ1n) is 7.79. The molecule has 2 aliphatic rings. The standard InChI is InChI=1S/C16H23N3O3/c20-12-18-14-8-4-5-9-19(16(14)22)11-15(21)17-10-13-6-2-1-3-7-13/h1-3,6,12-14H,4-5,7-11H2,(H,17,21)(H,18,20)/t13?,14-/m0/s1. The van der Waals surface area contributed by atoms with Gasteiger partial charge < -0.3 is 15.5 Å². The first kappa shape index (κ1) is 16.3. The SMILES string of the molecule is O=CN[C@H]1CCCCN(CC(=O)NCC2C=CC=CC2)C1=O. The molecule has 0 radical (unpaired) electrons. The van der Waals surface area contributed by atoms with E-state index in [9.17, 15) is 14.4 Å². The molecule has 0 bridgehead atoms. The normalized spacial score (nSPS) is 24.7. The molecule has 6 nitrogen and oxygen atoms in total. The van der Waals surface area contributed by atoms with Gasteiger partial charge in [0.25, 0.3) is 0 Å². The molecule has 3 amide bonds. The fourth-order valence-corrected chi connectivity index (χ4v) is 2.76. The van der Waals surface area contributed by atoms with Crippen LogP contribution in [0.1, 0.15) is 25.7 Å². The summed E-state index contributed by atoms with van der Waals surface area (Å²) in [4.78, 5) is 36.4. The van der Waals surface area contributed by atoms with Gasteiger partial charge >= 0.3 is 0 Å². The van der Waals surface area contributed by atoms with E-state index in [1.807, 2.05) is 12.2 Å². The second kappa shape index (κ2) is 8.36. The van der Waals surface area contributed by atoms with Crippen molar-refractivity contribution < 1.29 is 14.4 Å². The number of allylic oxidation sites excluding steroid dienone is 3. The van der Waals surface area contributed by atoms with Crippen molar-refractivity contribution in [2.45, 2.75) is 31.7 Å². The second-order valence-corrected chi connectivity index (χ2v) is 5.71. The molecule has 0 aromatic carbocycles. The summed E-state index contributed by atoms with van der Waals surface area (Å²) >= 11 is 0. The van der Waals surface area contributed by atoms with Gasteiger partial charge in [-0.05, 0) is 31.6 Å². The highest BCUT2D eigenvalue weighted by Gasteiger charge is 2.27. The minimum Gasteiger partial charge on any atom is -0.354 e. The van der Waals surface area contributed by atoms with Gasteiger partial charge in [-0.25, -0.2) is 0 Å². The number of likely N-dealkylation sites (tertiary alicyclic amines) is 1. The monoisotopic (exact) mass is 305 g/mol. The zero-order chi connectivity index (χ0) is 15.8. The highest BCUT2D eigenvalue weighted by molar-refractivity contribution is 5.88. The Morgan fingerprint density at radius 1 is 1.36 bits per heavy atom. The van der Waals surface area contributed by atoms with Crippen molar-refractivity contribution in [3.63, 3.8) is 0 Å². The number of carbonyl (C=O) groups excluding carboxylic acids is 3. The summed E-state index contributed by atoms with van der Waals surface area (Å²) in [5.41, 5.74) is 0. The maximum absolute atomic E-state index is 12.3. The van der Waals surface area contributed by atoms with E-state index in [0.717, 1.165) is 19.3 Å². The third-order valence-electron chi connectivity index (χ3n) is 4.02. The molecule has 2 atom stereocenters. The molecule has 1 fully saturated rings. The van der Waals surface area contributed by atoms with E-state index in [1.165, 1.54) is 0 Å². The average molecular weight is 305 g/mol. The van der Waals surface area contributed by atoms with Crippen LogP contribution in [0.15, 0.2) is 24.3 Å².